The van der Waals surface area contributed by atoms with Gasteiger partial charge in [0.2, 0.25) is 0 Å². The Labute approximate surface area is 86.7 Å². The summed E-state index contributed by atoms with van der Waals surface area (Å²) in [5, 5.41) is 0.955. The highest BCUT2D eigenvalue weighted by Gasteiger charge is 2.01. The fourth-order valence-corrected chi connectivity index (χ4v) is 2.03. The number of fused-ring (bicyclic) bond motifs is 1. The average Bonchev–Trinajstić information content (AvgIpc) is 2.56. The van der Waals surface area contributed by atoms with Crippen molar-refractivity contribution in [2.45, 2.75) is 12.7 Å². The van der Waals surface area contributed by atoms with Gasteiger partial charge in [0, 0.05) is 22.3 Å². The summed E-state index contributed by atoms with van der Waals surface area (Å²) in [6.07, 6.45) is 0. The summed E-state index contributed by atoms with van der Waals surface area (Å²) >= 11 is 1.86. The lowest BCUT2D eigenvalue weighted by molar-refractivity contribution is 0.630. The molecule has 0 saturated heterocycles. The van der Waals surface area contributed by atoms with E-state index in [-0.39, 0.29) is 5.82 Å². The van der Waals surface area contributed by atoms with E-state index >= 15 is 0 Å². The number of hydrogen-bond donors (Lipinski definition) is 1. The number of benzene rings is 1. The second-order valence-corrected chi connectivity index (χ2v) is 4.44. The number of rotatable bonds is 3. The van der Waals surface area contributed by atoms with Gasteiger partial charge in [-0.25, -0.2) is 4.39 Å². The van der Waals surface area contributed by atoms with E-state index in [9.17, 15) is 4.39 Å². The van der Waals surface area contributed by atoms with Crippen molar-refractivity contribution >= 4 is 22.7 Å². The molecule has 0 aliphatic rings. The molecule has 0 aliphatic carbocycles. The van der Waals surface area contributed by atoms with E-state index in [1.165, 1.54) is 6.07 Å². The molecule has 1 N–H and O–H groups in total. The minimum Gasteiger partial charge on any atom is -0.358 e. The molecule has 0 spiro atoms. The zero-order chi connectivity index (χ0) is 9.97. The normalized spacial score (nSPS) is 11.0. The van der Waals surface area contributed by atoms with Crippen LogP contribution in [0.25, 0.3) is 10.9 Å². The SMILES string of the molecule is CCSCc1cc2cc(F)ccc2[nH]1. The zero-order valence-electron chi connectivity index (χ0n) is 8.01. The molecular weight excluding hydrogens is 197 g/mol. The lowest BCUT2D eigenvalue weighted by Gasteiger charge is -1.92. The van der Waals surface area contributed by atoms with Crippen molar-refractivity contribution in [3.63, 3.8) is 0 Å². The number of hydrogen-bond acceptors (Lipinski definition) is 1. The molecule has 74 valence electrons. The number of thioether (sulfide) groups is 1. The van der Waals surface area contributed by atoms with Crippen molar-refractivity contribution in [3.8, 4) is 0 Å². The standard InChI is InChI=1S/C11H12FNS/c1-2-14-7-10-6-8-5-9(12)3-4-11(8)13-10/h3-6,13H,2,7H2,1H3. The van der Waals surface area contributed by atoms with Gasteiger partial charge in [0.15, 0.2) is 0 Å². The largest absolute Gasteiger partial charge is 0.358 e. The highest BCUT2D eigenvalue weighted by atomic mass is 32.2. The first-order valence-corrected chi connectivity index (χ1v) is 5.80. The molecule has 0 unspecified atom stereocenters. The molecule has 0 amide bonds. The maximum Gasteiger partial charge on any atom is 0.123 e. The predicted molar refractivity (Wildman–Crippen MR) is 60.1 cm³/mol. The molecule has 14 heavy (non-hydrogen) atoms. The summed E-state index contributed by atoms with van der Waals surface area (Å²) < 4.78 is 12.9. The van der Waals surface area contributed by atoms with E-state index < -0.39 is 0 Å². The zero-order valence-corrected chi connectivity index (χ0v) is 8.83. The van der Waals surface area contributed by atoms with Gasteiger partial charge in [-0.15, -0.1) is 0 Å². The summed E-state index contributed by atoms with van der Waals surface area (Å²) in [6.45, 7) is 2.13. The smallest absolute Gasteiger partial charge is 0.123 e. The summed E-state index contributed by atoms with van der Waals surface area (Å²) in [6, 6.07) is 6.84. The Morgan fingerprint density at radius 3 is 3.00 bits per heavy atom. The van der Waals surface area contributed by atoms with Gasteiger partial charge < -0.3 is 4.98 Å². The number of aromatic amines is 1. The predicted octanol–water partition coefficient (Wildman–Crippen LogP) is 3.56. The Balaban J connectivity index is 2.32. The molecule has 2 rings (SSSR count). The molecular formula is C11H12FNS. The lowest BCUT2D eigenvalue weighted by Crippen LogP contribution is -1.78. The lowest BCUT2D eigenvalue weighted by atomic mass is 10.2. The first-order chi connectivity index (χ1) is 6.79. The molecule has 1 aromatic heterocycles. The van der Waals surface area contributed by atoms with E-state index in [4.69, 9.17) is 0 Å². The highest BCUT2D eigenvalue weighted by Crippen LogP contribution is 2.19. The first-order valence-electron chi connectivity index (χ1n) is 4.64. The number of aromatic nitrogens is 1. The van der Waals surface area contributed by atoms with Crippen LogP contribution in [0.3, 0.4) is 0 Å². The van der Waals surface area contributed by atoms with Crippen molar-refractivity contribution < 1.29 is 4.39 Å². The van der Waals surface area contributed by atoms with Crippen LogP contribution < -0.4 is 0 Å². The highest BCUT2D eigenvalue weighted by molar-refractivity contribution is 7.98. The Kier molecular flexibility index (Phi) is 2.77. The van der Waals surface area contributed by atoms with Gasteiger partial charge in [-0.05, 0) is 30.0 Å². The van der Waals surface area contributed by atoms with Crippen LogP contribution in [0.1, 0.15) is 12.6 Å². The Hall–Kier alpha value is -0.960. The van der Waals surface area contributed by atoms with Crippen LogP contribution in [0.15, 0.2) is 24.3 Å². The van der Waals surface area contributed by atoms with Crippen LogP contribution in [0.4, 0.5) is 4.39 Å². The third-order valence-electron chi connectivity index (χ3n) is 2.10. The van der Waals surface area contributed by atoms with Crippen molar-refractivity contribution in [3.05, 3.63) is 35.8 Å². The van der Waals surface area contributed by atoms with Crippen LogP contribution >= 0.6 is 11.8 Å². The van der Waals surface area contributed by atoms with E-state index in [0.717, 1.165) is 28.1 Å². The summed E-state index contributed by atoms with van der Waals surface area (Å²) in [5.41, 5.74) is 2.18. The minimum absolute atomic E-state index is 0.175. The summed E-state index contributed by atoms with van der Waals surface area (Å²) in [4.78, 5) is 3.27. The summed E-state index contributed by atoms with van der Waals surface area (Å²) in [7, 11) is 0. The molecule has 2 aromatic rings. The van der Waals surface area contributed by atoms with Gasteiger partial charge in [-0.3, -0.25) is 0 Å². The van der Waals surface area contributed by atoms with Crippen LogP contribution in [0.5, 0.6) is 0 Å². The number of nitrogens with one attached hydrogen (secondary N) is 1. The first kappa shape index (κ1) is 9.59. The van der Waals surface area contributed by atoms with Gasteiger partial charge in [0.05, 0.1) is 0 Å². The second-order valence-electron chi connectivity index (χ2n) is 3.16. The van der Waals surface area contributed by atoms with E-state index in [1.54, 1.807) is 12.1 Å². The molecule has 0 aliphatic heterocycles. The van der Waals surface area contributed by atoms with E-state index in [1.807, 2.05) is 17.8 Å². The maximum absolute atomic E-state index is 12.9. The maximum atomic E-state index is 12.9. The van der Waals surface area contributed by atoms with E-state index in [0.29, 0.717) is 0 Å². The molecule has 0 saturated carbocycles. The van der Waals surface area contributed by atoms with Gasteiger partial charge in [0.1, 0.15) is 5.82 Å². The Morgan fingerprint density at radius 1 is 1.36 bits per heavy atom. The molecule has 0 bridgehead atoms. The summed E-state index contributed by atoms with van der Waals surface area (Å²) in [5.74, 6) is 1.89. The molecule has 0 atom stereocenters. The number of halogens is 1. The fraction of sp³-hybridized carbons (Fsp3) is 0.273. The topological polar surface area (TPSA) is 15.8 Å². The van der Waals surface area contributed by atoms with Crippen LogP contribution in [-0.2, 0) is 5.75 Å². The third-order valence-corrected chi connectivity index (χ3v) is 3.02. The van der Waals surface area contributed by atoms with Crippen LogP contribution in [-0.4, -0.2) is 10.7 Å². The minimum atomic E-state index is -0.175. The van der Waals surface area contributed by atoms with Gasteiger partial charge in [-0.1, -0.05) is 6.92 Å². The third kappa shape index (κ3) is 1.93. The molecule has 0 radical (unpaired) electrons. The monoisotopic (exact) mass is 209 g/mol. The molecule has 1 heterocycles. The van der Waals surface area contributed by atoms with Crippen molar-refractivity contribution in [1.29, 1.82) is 0 Å². The van der Waals surface area contributed by atoms with Crippen LogP contribution in [0.2, 0.25) is 0 Å². The Bertz CT molecular complexity index is 436. The quantitative estimate of drug-likeness (QED) is 0.817. The van der Waals surface area contributed by atoms with Crippen LogP contribution in [0, 0.1) is 5.82 Å². The molecule has 3 heteroatoms. The molecule has 1 nitrogen and oxygen atoms in total. The average molecular weight is 209 g/mol. The molecule has 0 fully saturated rings. The fourth-order valence-electron chi connectivity index (χ4n) is 1.45. The van der Waals surface area contributed by atoms with E-state index in [2.05, 4.69) is 11.9 Å². The van der Waals surface area contributed by atoms with Crippen molar-refractivity contribution in [2.24, 2.45) is 0 Å². The van der Waals surface area contributed by atoms with Gasteiger partial charge in [0.25, 0.3) is 0 Å². The van der Waals surface area contributed by atoms with Crippen molar-refractivity contribution in [2.75, 3.05) is 5.75 Å². The van der Waals surface area contributed by atoms with Gasteiger partial charge >= 0.3 is 0 Å². The van der Waals surface area contributed by atoms with Crippen molar-refractivity contribution in [1.82, 2.24) is 4.98 Å². The second kappa shape index (κ2) is 4.05. The Morgan fingerprint density at radius 2 is 2.21 bits per heavy atom. The molecule has 1 aromatic carbocycles. The number of H-pyrrole nitrogens is 1. The van der Waals surface area contributed by atoms with Gasteiger partial charge in [-0.2, -0.15) is 11.8 Å².